The van der Waals surface area contributed by atoms with Gasteiger partial charge in [-0.2, -0.15) is 5.10 Å². The number of aliphatic carboxylic acids is 1. The van der Waals surface area contributed by atoms with Crippen LogP contribution in [-0.4, -0.2) is 20.9 Å². The van der Waals surface area contributed by atoms with Gasteiger partial charge >= 0.3 is 5.97 Å². The molecule has 1 N–H and O–H groups in total. The molecule has 0 spiro atoms. The summed E-state index contributed by atoms with van der Waals surface area (Å²) in [4.78, 5) is 10.9. The first-order chi connectivity index (χ1) is 6.99. The Balaban J connectivity index is 3.14. The molecule has 84 valence electrons. The van der Waals surface area contributed by atoms with Gasteiger partial charge in [0.1, 0.15) is 0 Å². The van der Waals surface area contributed by atoms with E-state index < -0.39 is 11.9 Å². The largest absolute Gasteiger partial charge is 0.481 e. The molecule has 1 aromatic heterocycles. The minimum absolute atomic E-state index is 0.273. The molecule has 0 aliphatic heterocycles. The van der Waals surface area contributed by atoms with Crippen molar-refractivity contribution < 1.29 is 9.90 Å². The first-order valence-electron chi connectivity index (χ1n) is 5.28. The third-order valence-electron chi connectivity index (χ3n) is 2.59. The van der Waals surface area contributed by atoms with E-state index in [1.54, 1.807) is 13.1 Å². The van der Waals surface area contributed by atoms with E-state index >= 15 is 0 Å². The molecule has 4 nitrogen and oxygen atoms in total. The van der Waals surface area contributed by atoms with E-state index in [0.29, 0.717) is 0 Å². The average molecular weight is 210 g/mol. The van der Waals surface area contributed by atoms with E-state index in [2.05, 4.69) is 5.10 Å². The minimum atomic E-state index is -0.798. The fourth-order valence-electron chi connectivity index (χ4n) is 1.71. The predicted octanol–water partition coefficient (Wildman–Crippen LogP) is 2.21. The summed E-state index contributed by atoms with van der Waals surface area (Å²) < 4.78 is 1.90. The van der Waals surface area contributed by atoms with E-state index in [9.17, 15) is 4.79 Å². The molecule has 0 amide bonds. The van der Waals surface area contributed by atoms with E-state index in [1.807, 2.05) is 25.5 Å². The highest BCUT2D eigenvalue weighted by Gasteiger charge is 2.21. The van der Waals surface area contributed by atoms with Crippen LogP contribution in [0.15, 0.2) is 6.20 Å². The van der Waals surface area contributed by atoms with Gasteiger partial charge < -0.3 is 5.11 Å². The molecule has 4 heteroatoms. The number of carboxylic acid groups (broad SMARTS) is 1. The molecular weight excluding hydrogens is 192 g/mol. The Morgan fingerprint density at radius 3 is 2.53 bits per heavy atom. The van der Waals surface area contributed by atoms with Crippen molar-refractivity contribution in [1.82, 2.24) is 9.78 Å². The molecule has 0 aliphatic carbocycles. The van der Waals surface area contributed by atoms with Crippen molar-refractivity contribution in [3.05, 3.63) is 17.5 Å². The molecule has 0 saturated heterocycles. The van der Waals surface area contributed by atoms with Gasteiger partial charge in [-0.15, -0.1) is 0 Å². The molecule has 0 saturated carbocycles. The lowest BCUT2D eigenvalue weighted by molar-refractivity contribution is -0.138. The van der Waals surface area contributed by atoms with Gasteiger partial charge in [-0.1, -0.05) is 6.92 Å². The van der Waals surface area contributed by atoms with E-state index in [-0.39, 0.29) is 6.04 Å². The number of nitrogens with zero attached hydrogens (tertiary/aromatic N) is 2. The molecule has 0 radical (unpaired) electrons. The number of carbonyl (C=O) groups is 1. The van der Waals surface area contributed by atoms with Crippen LogP contribution in [0, 0.1) is 0 Å². The van der Waals surface area contributed by atoms with Gasteiger partial charge in [0.15, 0.2) is 0 Å². The van der Waals surface area contributed by atoms with Gasteiger partial charge in [-0.3, -0.25) is 9.48 Å². The Kier molecular flexibility index (Phi) is 3.50. The molecule has 0 aliphatic rings. The van der Waals surface area contributed by atoms with Crippen LogP contribution in [0.5, 0.6) is 0 Å². The van der Waals surface area contributed by atoms with Crippen molar-refractivity contribution in [3.8, 4) is 0 Å². The Morgan fingerprint density at radius 2 is 2.13 bits per heavy atom. The summed E-state index contributed by atoms with van der Waals surface area (Å²) in [6.45, 7) is 7.81. The smallest absolute Gasteiger partial charge is 0.310 e. The van der Waals surface area contributed by atoms with Crippen molar-refractivity contribution in [3.63, 3.8) is 0 Å². The number of aromatic nitrogens is 2. The fraction of sp³-hybridized carbons (Fsp3) is 0.636. The third kappa shape index (κ3) is 2.19. The Bertz CT molecular complexity index is 355. The summed E-state index contributed by atoms with van der Waals surface area (Å²) in [6.07, 6.45) is 2.49. The molecule has 0 aromatic carbocycles. The second-order valence-corrected chi connectivity index (χ2v) is 4.00. The van der Waals surface area contributed by atoms with Crippen LogP contribution in [0.1, 0.15) is 50.9 Å². The van der Waals surface area contributed by atoms with Crippen LogP contribution < -0.4 is 0 Å². The molecule has 1 aromatic rings. The topological polar surface area (TPSA) is 55.1 Å². The van der Waals surface area contributed by atoms with Crippen LogP contribution in [0.2, 0.25) is 0 Å². The summed E-state index contributed by atoms with van der Waals surface area (Å²) in [7, 11) is 0. The van der Waals surface area contributed by atoms with E-state index in [1.165, 1.54) is 0 Å². The standard InChI is InChI=1S/C11H18N2O2/c1-5-10-9(8(4)11(14)15)6-12-13(10)7(2)3/h6-8H,5H2,1-4H3,(H,14,15). The predicted molar refractivity (Wildman–Crippen MR) is 58.0 cm³/mol. The summed E-state index contributed by atoms with van der Waals surface area (Å²) in [6, 6.07) is 0.273. The minimum Gasteiger partial charge on any atom is -0.481 e. The van der Waals surface area contributed by atoms with Gasteiger partial charge in [0.2, 0.25) is 0 Å². The second-order valence-electron chi connectivity index (χ2n) is 4.00. The lowest BCUT2D eigenvalue weighted by Gasteiger charge is -2.12. The number of hydrogen-bond donors (Lipinski definition) is 1. The average Bonchev–Trinajstić information content (AvgIpc) is 2.59. The first-order valence-corrected chi connectivity index (χ1v) is 5.28. The summed E-state index contributed by atoms with van der Waals surface area (Å²) in [5, 5.41) is 13.2. The van der Waals surface area contributed by atoms with Crippen molar-refractivity contribution >= 4 is 5.97 Å². The van der Waals surface area contributed by atoms with Crippen molar-refractivity contribution in [1.29, 1.82) is 0 Å². The summed E-state index contributed by atoms with van der Waals surface area (Å²) >= 11 is 0. The zero-order valence-corrected chi connectivity index (χ0v) is 9.69. The van der Waals surface area contributed by atoms with Crippen molar-refractivity contribution in [2.24, 2.45) is 0 Å². The lowest BCUT2D eigenvalue weighted by atomic mass is 10.0. The highest BCUT2D eigenvalue weighted by Crippen LogP contribution is 2.22. The zero-order valence-electron chi connectivity index (χ0n) is 9.69. The maximum absolute atomic E-state index is 10.9. The Hall–Kier alpha value is -1.32. The monoisotopic (exact) mass is 210 g/mol. The normalized spacial score (nSPS) is 13.1. The van der Waals surface area contributed by atoms with Crippen LogP contribution in [-0.2, 0) is 11.2 Å². The van der Waals surface area contributed by atoms with Crippen LogP contribution in [0.4, 0.5) is 0 Å². The van der Waals surface area contributed by atoms with Gasteiger partial charge in [-0.05, 0) is 27.2 Å². The molecule has 1 rings (SSSR count). The van der Waals surface area contributed by atoms with Crippen LogP contribution >= 0.6 is 0 Å². The number of hydrogen-bond acceptors (Lipinski definition) is 2. The molecule has 0 fully saturated rings. The molecule has 0 bridgehead atoms. The van der Waals surface area contributed by atoms with Gasteiger partial charge in [-0.25, -0.2) is 0 Å². The first kappa shape index (κ1) is 11.8. The lowest BCUT2D eigenvalue weighted by Crippen LogP contribution is -2.12. The molecule has 1 heterocycles. The number of carboxylic acids is 1. The molecule has 1 atom stereocenters. The van der Waals surface area contributed by atoms with Crippen LogP contribution in [0.25, 0.3) is 0 Å². The molecule has 1 unspecified atom stereocenters. The second kappa shape index (κ2) is 4.47. The zero-order chi connectivity index (χ0) is 11.6. The molecule has 15 heavy (non-hydrogen) atoms. The van der Waals surface area contributed by atoms with Gasteiger partial charge in [0.05, 0.1) is 12.1 Å². The number of rotatable bonds is 4. The van der Waals surface area contributed by atoms with E-state index in [4.69, 9.17) is 5.11 Å². The van der Waals surface area contributed by atoms with Gasteiger partial charge in [0, 0.05) is 17.3 Å². The molecular formula is C11H18N2O2. The van der Waals surface area contributed by atoms with Crippen molar-refractivity contribution in [2.75, 3.05) is 0 Å². The highest BCUT2D eigenvalue weighted by molar-refractivity contribution is 5.75. The van der Waals surface area contributed by atoms with E-state index in [0.717, 1.165) is 17.7 Å². The maximum atomic E-state index is 10.9. The maximum Gasteiger partial charge on any atom is 0.310 e. The Labute approximate surface area is 89.9 Å². The van der Waals surface area contributed by atoms with Gasteiger partial charge in [0.25, 0.3) is 0 Å². The highest BCUT2D eigenvalue weighted by atomic mass is 16.4. The summed E-state index contributed by atoms with van der Waals surface area (Å²) in [5.74, 6) is -1.28. The van der Waals surface area contributed by atoms with Crippen LogP contribution in [0.3, 0.4) is 0 Å². The summed E-state index contributed by atoms with van der Waals surface area (Å²) in [5.41, 5.74) is 1.86. The Morgan fingerprint density at radius 1 is 1.53 bits per heavy atom. The SMILES string of the molecule is CCc1c(C(C)C(=O)O)cnn1C(C)C. The quantitative estimate of drug-likeness (QED) is 0.829. The third-order valence-corrected chi connectivity index (χ3v) is 2.59. The fourth-order valence-corrected chi connectivity index (χ4v) is 1.71. The van der Waals surface area contributed by atoms with Crippen molar-refractivity contribution in [2.45, 2.75) is 46.1 Å².